The minimum atomic E-state index is -4.72. The van der Waals surface area contributed by atoms with E-state index in [0.717, 1.165) is 12.1 Å². The zero-order valence-electron chi connectivity index (χ0n) is 12.2. The Balaban J connectivity index is 3.29. The van der Waals surface area contributed by atoms with Crippen LogP contribution in [0.4, 0.5) is 23.7 Å². The van der Waals surface area contributed by atoms with E-state index < -0.39 is 34.9 Å². The highest BCUT2D eigenvalue weighted by atomic mass is 79.9. The SMILES string of the molecule is CC(C)(C)OC(=O)Nc1c(C(=O)CBr)cccc1C(F)(F)F. The van der Waals surface area contributed by atoms with Crippen LogP contribution in [-0.4, -0.2) is 22.8 Å². The Hall–Kier alpha value is -1.57. The molecule has 0 aromatic heterocycles. The van der Waals surface area contributed by atoms with E-state index in [1.54, 1.807) is 20.8 Å². The Labute approximate surface area is 134 Å². The molecule has 0 saturated carbocycles. The van der Waals surface area contributed by atoms with Crippen LogP contribution in [0.3, 0.4) is 0 Å². The molecule has 22 heavy (non-hydrogen) atoms. The second kappa shape index (κ2) is 6.68. The number of anilines is 1. The van der Waals surface area contributed by atoms with Crippen molar-refractivity contribution in [3.05, 3.63) is 29.3 Å². The van der Waals surface area contributed by atoms with Gasteiger partial charge in [-0.2, -0.15) is 13.2 Å². The van der Waals surface area contributed by atoms with Crippen molar-refractivity contribution in [1.82, 2.24) is 0 Å². The van der Waals surface area contributed by atoms with E-state index in [0.29, 0.717) is 0 Å². The Kier molecular flexibility index (Phi) is 5.61. The van der Waals surface area contributed by atoms with Crippen LogP contribution in [0.2, 0.25) is 0 Å². The molecule has 0 spiro atoms. The number of Topliss-reactive ketones (excluding diaryl/α,β-unsaturated/α-hetero) is 1. The van der Waals surface area contributed by atoms with Gasteiger partial charge in [-0.25, -0.2) is 4.79 Å². The average Bonchev–Trinajstić information content (AvgIpc) is 2.34. The number of alkyl halides is 4. The molecule has 0 bridgehead atoms. The maximum absolute atomic E-state index is 13.1. The number of para-hydroxylation sites is 1. The summed E-state index contributed by atoms with van der Waals surface area (Å²) in [7, 11) is 0. The second-order valence-corrected chi connectivity index (χ2v) is 5.97. The average molecular weight is 382 g/mol. The summed E-state index contributed by atoms with van der Waals surface area (Å²) < 4.78 is 44.1. The molecule has 0 radical (unpaired) electrons. The molecule has 4 nitrogen and oxygen atoms in total. The molecule has 1 N–H and O–H groups in total. The first-order valence-electron chi connectivity index (χ1n) is 6.25. The first kappa shape index (κ1) is 18.5. The maximum Gasteiger partial charge on any atom is 0.418 e. The van der Waals surface area contributed by atoms with Gasteiger partial charge < -0.3 is 4.74 Å². The van der Waals surface area contributed by atoms with Crippen LogP contribution in [-0.2, 0) is 10.9 Å². The lowest BCUT2D eigenvalue weighted by atomic mass is 10.0. The summed E-state index contributed by atoms with van der Waals surface area (Å²) in [5.74, 6) is -0.586. The van der Waals surface area contributed by atoms with Crippen molar-refractivity contribution >= 4 is 33.5 Å². The molecule has 1 aromatic rings. The molecule has 0 unspecified atom stereocenters. The van der Waals surface area contributed by atoms with Crippen LogP contribution in [0.25, 0.3) is 0 Å². The maximum atomic E-state index is 13.1. The van der Waals surface area contributed by atoms with E-state index in [-0.39, 0.29) is 10.9 Å². The number of amides is 1. The first-order chi connectivity index (χ1) is 9.95. The standard InChI is InChI=1S/C14H15BrF3NO3/c1-13(2,3)22-12(21)19-11-8(10(20)7-15)5-4-6-9(11)14(16,17)18/h4-6H,7H2,1-3H3,(H,19,21). The molecular formula is C14H15BrF3NO3. The number of carbonyl (C=O) groups excluding carboxylic acids is 2. The van der Waals surface area contributed by atoms with Crippen molar-refractivity contribution in [2.75, 3.05) is 10.6 Å². The number of nitrogens with one attached hydrogen (secondary N) is 1. The molecule has 1 amide bonds. The molecule has 122 valence electrons. The second-order valence-electron chi connectivity index (χ2n) is 5.41. The van der Waals surface area contributed by atoms with Crippen LogP contribution in [0.1, 0.15) is 36.7 Å². The van der Waals surface area contributed by atoms with Gasteiger partial charge in [-0.1, -0.05) is 22.0 Å². The summed E-state index contributed by atoms with van der Waals surface area (Å²) in [4.78, 5) is 23.5. The number of ketones is 1. The summed E-state index contributed by atoms with van der Waals surface area (Å²) in [6.07, 6.45) is -5.78. The van der Waals surface area contributed by atoms with Crippen LogP contribution in [0.5, 0.6) is 0 Å². The zero-order chi connectivity index (χ0) is 17.1. The highest BCUT2D eigenvalue weighted by molar-refractivity contribution is 9.09. The molecule has 0 atom stereocenters. The summed E-state index contributed by atoms with van der Waals surface area (Å²) in [5, 5.41) is 1.87. The van der Waals surface area contributed by atoms with E-state index in [2.05, 4.69) is 15.9 Å². The van der Waals surface area contributed by atoms with E-state index in [4.69, 9.17) is 4.74 Å². The minimum Gasteiger partial charge on any atom is -0.444 e. The highest BCUT2D eigenvalue weighted by Crippen LogP contribution is 2.37. The summed E-state index contributed by atoms with van der Waals surface area (Å²) in [6.45, 7) is 4.73. The molecule has 0 heterocycles. The third-order valence-corrected chi connectivity index (χ3v) is 2.93. The number of ether oxygens (including phenoxy) is 1. The van der Waals surface area contributed by atoms with Crippen LogP contribution < -0.4 is 5.32 Å². The molecular weight excluding hydrogens is 367 g/mol. The van der Waals surface area contributed by atoms with Gasteiger partial charge in [0.2, 0.25) is 0 Å². The molecule has 0 aliphatic heterocycles. The fourth-order valence-corrected chi connectivity index (χ4v) is 1.94. The van der Waals surface area contributed by atoms with Gasteiger partial charge in [0.05, 0.1) is 16.6 Å². The fourth-order valence-electron chi connectivity index (χ4n) is 1.63. The summed E-state index contributed by atoms with van der Waals surface area (Å²) in [5.41, 5.74) is -2.83. The first-order valence-corrected chi connectivity index (χ1v) is 7.37. The molecule has 0 aliphatic rings. The lowest BCUT2D eigenvalue weighted by molar-refractivity contribution is -0.136. The number of rotatable bonds is 3. The van der Waals surface area contributed by atoms with E-state index in [1.165, 1.54) is 6.07 Å². The van der Waals surface area contributed by atoms with Gasteiger partial charge in [-0.15, -0.1) is 0 Å². The number of hydrogen-bond acceptors (Lipinski definition) is 3. The fraction of sp³-hybridized carbons (Fsp3) is 0.429. The van der Waals surface area contributed by atoms with Gasteiger partial charge in [-0.3, -0.25) is 10.1 Å². The van der Waals surface area contributed by atoms with Crippen molar-refractivity contribution in [1.29, 1.82) is 0 Å². The van der Waals surface area contributed by atoms with Crippen LogP contribution >= 0.6 is 15.9 Å². The highest BCUT2D eigenvalue weighted by Gasteiger charge is 2.36. The van der Waals surface area contributed by atoms with Gasteiger partial charge in [0.15, 0.2) is 5.78 Å². The van der Waals surface area contributed by atoms with Gasteiger partial charge in [0.25, 0.3) is 0 Å². The zero-order valence-corrected chi connectivity index (χ0v) is 13.8. The van der Waals surface area contributed by atoms with Gasteiger partial charge in [0.1, 0.15) is 5.60 Å². The lowest BCUT2D eigenvalue weighted by Crippen LogP contribution is -2.29. The molecule has 1 aromatic carbocycles. The Morgan fingerprint density at radius 1 is 1.23 bits per heavy atom. The number of carbonyl (C=O) groups is 2. The third kappa shape index (κ3) is 5.01. The number of hydrogen-bond donors (Lipinski definition) is 1. The summed E-state index contributed by atoms with van der Waals surface area (Å²) in [6, 6.07) is 3.11. The number of benzene rings is 1. The number of halogens is 4. The molecule has 0 saturated heterocycles. The normalized spacial score (nSPS) is 12.0. The third-order valence-electron chi connectivity index (χ3n) is 2.42. The van der Waals surface area contributed by atoms with E-state index in [9.17, 15) is 22.8 Å². The van der Waals surface area contributed by atoms with Crippen molar-refractivity contribution in [3.8, 4) is 0 Å². The van der Waals surface area contributed by atoms with Crippen molar-refractivity contribution < 1.29 is 27.5 Å². The molecule has 0 fully saturated rings. The van der Waals surface area contributed by atoms with E-state index in [1.807, 2.05) is 5.32 Å². The Morgan fingerprint density at radius 3 is 2.27 bits per heavy atom. The Bertz CT molecular complexity index is 580. The van der Waals surface area contributed by atoms with Crippen molar-refractivity contribution in [2.45, 2.75) is 32.5 Å². The predicted octanol–water partition coefficient (Wildman–Crippen LogP) is 4.63. The van der Waals surface area contributed by atoms with Gasteiger partial charge >= 0.3 is 12.3 Å². The van der Waals surface area contributed by atoms with E-state index >= 15 is 0 Å². The molecule has 1 rings (SSSR count). The molecule has 8 heteroatoms. The largest absolute Gasteiger partial charge is 0.444 e. The minimum absolute atomic E-state index is 0.169. The predicted molar refractivity (Wildman–Crippen MR) is 79.4 cm³/mol. The Morgan fingerprint density at radius 2 is 1.82 bits per heavy atom. The van der Waals surface area contributed by atoms with Crippen molar-refractivity contribution in [3.63, 3.8) is 0 Å². The molecule has 0 aliphatic carbocycles. The summed E-state index contributed by atoms with van der Waals surface area (Å²) >= 11 is 2.90. The quantitative estimate of drug-likeness (QED) is 0.613. The topological polar surface area (TPSA) is 55.4 Å². The monoisotopic (exact) mass is 381 g/mol. The van der Waals surface area contributed by atoms with Crippen LogP contribution in [0, 0.1) is 0 Å². The van der Waals surface area contributed by atoms with Crippen molar-refractivity contribution in [2.24, 2.45) is 0 Å². The lowest BCUT2D eigenvalue weighted by Gasteiger charge is -2.22. The van der Waals surface area contributed by atoms with Crippen LogP contribution in [0.15, 0.2) is 18.2 Å². The van der Waals surface area contributed by atoms with Gasteiger partial charge in [-0.05, 0) is 32.9 Å². The smallest absolute Gasteiger partial charge is 0.418 e. The van der Waals surface area contributed by atoms with Gasteiger partial charge in [0, 0.05) is 5.56 Å².